The number of carbonyl (C=O) groups excluding carboxylic acids is 1. The molecule has 2 aromatic rings. The van der Waals surface area contributed by atoms with Crippen molar-refractivity contribution >= 4 is 11.6 Å². The lowest BCUT2D eigenvalue weighted by molar-refractivity contribution is -0.123. The van der Waals surface area contributed by atoms with E-state index in [9.17, 15) is 4.79 Å². The summed E-state index contributed by atoms with van der Waals surface area (Å²) in [4.78, 5) is 13.8. The molecular formula is C19H26N4O2. The van der Waals surface area contributed by atoms with Gasteiger partial charge in [-0.05, 0) is 44.9 Å². The van der Waals surface area contributed by atoms with Gasteiger partial charge in [0.05, 0.1) is 11.6 Å². The summed E-state index contributed by atoms with van der Waals surface area (Å²) in [5, 5.41) is 7.50. The molecule has 1 aromatic carbocycles. The highest BCUT2D eigenvalue weighted by molar-refractivity contribution is 5.76. The van der Waals surface area contributed by atoms with Crippen LogP contribution < -0.4 is 11.1 Å². The number of nitrogens with zero attached hydrogens (tertiary/aromatic N) is 2. The first-order chi connectivity index (χ1) is 12.0. The van der Waals surface area contributed by atoms with Gasteiger partial charge in [0.2, 0.25) is 5.91 Å². The maximum atomic E-state index is 11.5. The number of hydrogen-bond acceptors (Lipinski definition) is 5. The SMILES string of the molecule is Cc1noc(C)c1CNc1ccccc1CN1CCC[C@@H](C(N)=O)C1. The van der Waals surface area contributed by atoms with E-state index in [0.717, 1.165) is 55.2 Å². The van der Waals surface area contributed by atoms with Gasteiger partial charge in [0.25, 0.3) is 0 Å². The molecule has 0 aliphatic carbocycles. The van der Waals surface area contributed by atoms with Crippen molar-refractivity contribution < 1.29 is 9.32 Å². The first kappa shape index (κ1) is 17.5. The first-order valence-electron chi connectivity index (χ1n) is 8.79. The summed E-state index contributed by atoms with van der Waals surface area (Å²) in [5.74, 6) is 0.633. The Morgan fingerprint density at radius 1 is 1.40 bits per heavy atom. The number of para-hydroxylation sites is 1. The smallest absolute Gasteiger partial charge is 0.221 e. The van der Waals surface area contributed by atoms with Gasteiger partial charge in [-0.3, -0.25) is 9.69 Å². The molecule has 0 saturated carbocycles. The van der Waals surface area contributed by atoms with Crippen LogP contribution in [0, 0.1) is 19.8 Å². The summed E-state index contributed by atoms with van der Waals surface area (Å²) in [6.45, 7) is 7.13. The van der Waals surface area contributed by atoms with Crippen LogP contribution in [-0.2, 0) is 17.9 Å². The number of aromatic nitrogens is 1. The predicted octanol–water partition coefficient (Wildman–Crippen LogP) is 2.60. The average molecular weight is 342 g/mol. The van der Waals surface area contributed by atoms with Crippen molar-refractivity contribution in [1.29, 1.82) is 0 Å². The highest BCUT2D eigenvalue weighted by Crippen LogP contribution is 2.23. The normalized spacial score (nSPS) is 18.2. The molecule has 0 radical (unpaired) electrons. The van der Waals surface area contributed by atoms with Crippen molar-refractivity contribution in [3.8, 4) is 0 Å². The number of primary amides is 1. The molecule has 1 saturated heterocycles. The van der Waals surface area contributed by atoms with Gasteiger partial charge in [-0.2, -0.15) is 0 Å². The number of aryl methyl sites for hydroxylation is 2. The molecule has 3 N–H and O–H groups in total. The summed E-state index contributed by atoms with van der Waals surface area (Å²) in [6, 6.07) is 8.29. The fourth-order valence-corrected chi connectivity index (χ4v) is 3.44. The van der Waals surface area contributed by atoms with E-state index in [1.54, 1.807) is 0 Å². The molecule has 2 heterocycles. The monoisotopic (exact) mass is 342 g/mol. The number of anilines is 1. The second-order valence-corrected chi connectivity index (χ2v) is 6.79. The van der Waals surface area contributed by atoms with Gasteiger partial charge in [0.15, 0.2) is 0 Å². The molecule has 134 valence electrons. The van der Waals surface area contributed by atoms with Gasteiger partial charge in [0.1, 0.15) is 5.76 Å². The van der Waals surface area contributed by atoms with E-state index in [2.05, 4.69) is 27.5 Å². The standard InChI is InChI=1S/C19H26N4O2/c1-13-17(14(2)25-22-13)10-21-18-8-4-3-6-15(18)11-23-9-5-7-16(12-23)19(20)24/h3-4,6,8,16,21H,5,7,9-12H2,1-2H3,(H2,20,24)/t16-/m1/s1. The van der Waals surface area contributed by atoms with Crippen LogP contribution in [0.5, 0.6) is 0 Å². The zero-order valence-electron chi connectivity index (χ0n) is 14.9. The number of nitrogens with one attached hydrogen (secondary N) is 1. The van der Waals surface area contributed by atoms with Crippen LogP contribution in [0.1, 0.15) is 35.4 Å². The largest absolute Gasteiger partial charge is 0.380 e. The minimum absolute atomic E-state index is 0.0313. The van der Waals surface area contributed by atoms with Crippen LogP contribution in [0.3, 0.4) is 0 Å². The molecule has 1 amide bonds. The van der Waals surface area contributed by atoms with Crippen LogP contribution in [-0.4, -0.2) is 29.1 Å². The number of nitrogens with two attached hydrogens (primary N) is 1. The lowest BCUT2D eigenvalue weighted by Gasteiger charge is -2.31. The van der Waals surface area contributed by atoms with Crippen molar-refractivity contribution in [3.05, 3.63) is 46.8 Å². The molecule has 0 unspecified atom stereocenters. The predicted molar refractivity (Wildman–Crippen MR) is 96.9 cm³/mol. The van der Waals surface area contributed by atoms with Crippen molar-refractivity contribution in [2.75, 3.05) is 18.4 Å². The van der Waals surface area contributed by atoms with Crippen molar-refractivity contribution in [2.45, 2.75) is 39.8 Å². The van der Waals surface area contributed by atoms with Crippen LogP contribution in [0.25, 0.3) is 0 Å². The van der Waals surface area contributed by atoms with Gasteiger partial charge in [-0.25, -0.2) is 0 Å². The molecule has 0 bridgehead atoms. The van der Waals surface area contributed by atoms with E-state index in [-0.39, 0.29) is 11.8 Å². The van der Waals surface area contributed by atoms with Crippen LogP contribution >= 0.6 is 0 Å². The molecular weight excluding hydrogens is 316 g/mol. The molecule has 1 fully saturated rings. The highest BCUT2D eigenvalue weighted by Gasteiger charge is 2.24. The summed E-state index contributed by atoms with van der Waals surface area (Å²) in [7, 11) is 0. The maximum Gasteiger partial charge on any atom is 0.221 e. The lowest BCUT2D eigenvalue weighted by atomic mass is 9.97. The van der Waals surface area contributed by atoms with E-state index < -0.39 is 0 Å². The van der Waals surface area contributed by atoms with Crippen LogP contribution in [0.2, 0.25) is 0 Å². The third-order valence-corrected chi connectivity index (χ3v) is 4.96. The van der Waals surface area contributed by atoms with Crippen LogP contribution in [0.15, 0.2) is 28.8 Å². The van der Waals surface area contributed by atoms with Gasteiger partial charge in [0, 0.05) is 30.9 Å². The molecule has 3 rings (SSSR count). The Morgan fingerprint density at radius 3 is 2.92 bits per heavy atom. The number of likely N-dealkylation sites (tertiary alicyclic amines) is 1. The Labute approximate surface area is 148 Å². The number of carbonyl (C=O) groups is 1. The molecule has 1 aliphatic rings. The minimum atomic E-state index is -0.186. The molecule has 1 aliphatic heterocycles. The molecule has 1 atom stereocenters. The fraction of sp³-hybridized carbons (Fsp3) is 0.474. The molecule has 25 heavy (non-hydrogen) atoms. The van der Waals surface area contributed by atoms with Gasteiger partial charge in [-0.1, -0.05) is 23.4 Å². The Hall–Kier alpha value is -2.34. The number of piperidine rings is 1. The number of benzene rings is 1. The van der Waals surface area contributed by atoms with E-state index >= 15 is 0 Å². The maximum absolute atomic E-state index is 11.5. The minimum Gasteiger partial charge on any atom is -0.380 e. The second-order valence-electron chi connectivity index (χ2n) is 6.79. The molecule has 1 aromatic heterocycles. The fourth-order valence-electron chi connectivity index (χ4n) is 3.44. The summed E-state index contributed by atoms with van der Waals surface area (Å²) in [5.41, 5.74) is 9.83. The Morgan fingerprint density at radius 2 is 2.20 bits per heavy atom. The van der Waals surface area contributed by atoms with E-state index in [4.69, 9.17) is 10.3 Å². The quantitative estimate of drug-likeness (QED) is 0.843. The first-order valence-corrected chi connectivity index (χ1v) is 8.79. The highest BCUT2D eigenvalue weighted by atomic mass is 16.5. The van der Waals surface area contributed by atoms with Gasteiger partial charge >= 0.3 is 0 Å². The third kappa shape index (κ3) is 4.20. The summed E-state index contributed by atoms with van der Waals surface area (Å²) in [6.07, 6.45) is 1.92. The lowest BCUT2D eigenvalue weighted by Crippen LogP contribution is -2.40. The van der Waals surface area contributed by atoms with Crippen molar-refractivity contribution in [1.82, 2.24) is 10.1 Å². The Balaban J connectivity index is 1.67. The van der Waals surface area contributed by atoms with Crippen molar-refractivity contribution in [3.63, 3.8) is 0 Å². The van der Waals surface area contributed by atoms with E-state index in [1.165, 1.54) is 5.56 Å². The number of amides is 1. The van der Waals surface area contributed by atoms with Gasteiger partial charge < -0.3 is 15.6 Å². The zero-order valence-corrected chi connectivity index (χ0v) is 14.9. The topological polar surface area (TPSA) is 84.4 Å². The Kier molecular flexibility index (Phi) is 5.38. The number of hydrogen-bond donors (Lipinski definition) is 2. The summed E-state index contributed by atoms with van der Waals surface area (Å²) >= 11 is 0. The Bertz CT molecular complexity index is 721. The van der Waals surface area contributed by atoms with E-state index in [0.29, 0.717) is 6.54 Å². The third-order valence-electron chi connectivity index (χ3n) is 4.96. The van der Waals surface area contributed by atoms with E-state index in [1.807, 2.05) is 26.0 Å². The number of rotatable bonds is 6. The molecule has 6 heteroatoms. The zero-order chi connectivity index (χ0) is 17.8. The van der Waals surface area contributed by atoms with Crippen molar-refractivity contribution in [2.24, 2.45) is 11.7 Å². The average Bonchev–Trinajstić information content (AvgIpc) is 2.92. The second kappa shape index (κ2) is 7.70. The van der Waals surface area contributed by atoms with Crippen LogP contribution in [0.4, 0.5) is 5.69 Å². The molecule has 6 nitrogen and oxygen atoms in total. The van der Waals surface area contributed by atoms with Gasteiger partial charge in [-0.15, -0.1) is 0 Å². The molecule has 0 spiro atoms. The summed E-state index contributed by atoms with van der Waals surface area (Å²) < 4.78 is 5.23.